The Morgan fingerprint density at radius 3 is 2.42 bits per heavy atom. The summed E-state index contributed by atoms with van der Waals surface area (Å²) in [5.74, 6) is 0.576. The summed E-state index contributed by atoms with van der Waals surface area (Å²) in [6.45, 7) is 4.67. The molecule has 1 fully saturated rings. The maximum atomic E-state index is 12.6. The van der Waals surface area contributed by atoms with Gasteiger partial charge in [-0.2, -0.15) is 0 Å². The highest BCUT2D eigenvalue weighted by Crippen LogP contribution is 2.21. The fraction of sp³-hybridized carbons (Fsp3) is 0.500. The third kappa shape index (κ3) is 3.86. The molecule has 1 saturated heterocycles. The molecule has 24 heavy (non-hydrogen) atoms. The number of aryl methyl sites for hydroxylation is 1. The number of piperazine rings is 1. The minimum Gasteiger partial charge on any atom is -0.339 e. The SMILES string of the molecule is Cc1ccccc1CC(=O)N1CCN(C(=O)[C@H]2CC=CCC2)CC1. The summed E-state index contributed by atoms with van der Waals surface area (Å²) in [5, 5.41) is 0. The molecule has 4 heteroatoms. The van der Waals surface area contributed by atoms with Gasteiger partial charge in [0.1, 0.15) is 0 Å². The van der Waals surface area contributed by atoms with E-state index in [0.29, 0.717) is 32.6 Å². The first-order valence-electron chi connectivity index (χ1n) is 8.91. The molecule has 0 N–H and O–H groups in total. The molecule has 2 aliphatic rings. The standard InChI is InChI=1S/C20H26N2O2/c1-16-7-5-6-10-18(16)15-19(23)21-11-13-22(14-12-21)20(24)17-8-3-2-4-9-17/h2-3,5-7,10,17H,4,8-9,11-15H2,1H3/t17-/m0/s1. The fourth-order valence-corrected chi connectivity index (χ4v) is 3.54. The van der Waals surface area contributed by atoms with Gasteiger partial charge in [0.05, 0.1) is 6.42 Å². The summed E-state index contributed by atoms with van der Waals surface area (Å²) in [6, 6.07) is 8.03. The predicted octanol–water partition coefficient (Wildman–Crippen LogP) is 2.56. The number of allylic oxidation sites excluding steroid dienone is 2. The van der Waals surface area contributed by atoms with Gasteiger partial charge in [0, 0.05) is 32.1 Å². The quantitative estimate of drug-likeness (QED) is 0.801. The van der Waals surface area contributed by atoms with E-state index in [-0.39, 0.29) is 17.7 Å². The largest absolute Gasteiger partial charge is 0.339 e. The summed E-state index contributed by atoms with van der Waals surface area (Å²) in [6.07, 6.45) is 7.56. The Hall–Kier alpha value is -2.10. The van der Waals surface area contributed by atoms with Crippen molar-refractivity contribution in [1.29, 1.82) is 0 Å². The number of hydrogen-bond donors (Lipinski definition) is 0. The number of rotatable bonds is 3. The average molecular weight is 326 g/mol. The summed E-state index contributed by atoms with van der Waals surface area (Å²) in [7, 11) is 0. The van der Waals surface area contributed by atoms with Gasteiger partial charge >= 0.3 is 0 Å². The lowest BCUT2D eigenvalue weighted by atomic mass is 9.93. The second kappa shape index (κ2) is 7.65. The first-order chi connectivity index (χ1) is 11.6. The predicted molar refractivity (Wildman–Crippen MR) is 94.5 cm³/mol. The Balaban J connectivity index is 1.51. The van der Waals surface area contributed by atoms with Crippen LogP contribution in [-0.4, -0.2) is 47.8 Å². The van der Waals surface area contributed by atoms with Crippen LogP contribution in [0.2, 0.25) is 0 Å². The van der Waals surface area contributed by atoms with E-state index in [0.717, 1.165) is 30.4 Å². The minimum atomic E-state index is 0.143. The second-order valence-corrected chi connectivity index (χ2v) is 6.79. The van der Waals surface area contributed by atoms with E-state index in [1.54, 1.807) is 0 Å². The lowest BCUT2D eigenvalue weighted by Gasteiger charge is -2.36. The van der Waals surface area contributed by atoms with Crippen molar-refractivity contribution >= 4 is 11.8 Å². The zero-order chi connectivity index (χ0) is 16.9. The Labute approximate surface area is 144 Å². The lowest BCUT2D eigenvalue weighted by Crippen LogP contribution is -2.52. The molecule has 0 saturated carbocycles. The Kier molecular flexibility index (Phi) is 5.34. The Morgan fingerprint density at radius 2 is 1.75 bits per heavy atom. The zero-order valence-electron chi connectivity index (χ0n) is 14.4. The van der Waals surface area contributed by atoms with Crippen LogP contribution in [0.15, 0.2) is 36.4 Å². The molecule has 0 aromatic heterocycles. The molecule has 1 atom stereocenters. The first-order valence-corrected chi connectivity index (χ1v) is 8.91. The van der Waals surface area contributed by atoms with Gasteiger partial charge in [-0.05, 0) is 37.3 Å². The van der Waals surface area contributed by atoms with Gasteiger partial charge < -0.3 is 9.80 Å². The highest BCUT2D eigenvalue weighted by molar-refractivity contribution is 5.81. The van der Waals surface area contributed by atoms with Crippen LogP contribution in [0.1, 0.15) is 30.4 Å². The van der Waals surface area contributed by atoms with Crippen molar-refractivity contribution in [3.8, 4) is 0 Å². The molecular weight excluding hydrogens is 300 g/mol. The third-order valence-corrected chi connectivity index (χ3v) is 5.17. The van der Waals surface area contributed by atoms with E-state index in [1.807, 2.05) is 41.0 Å². The van der Waals surface area contributed by atoms with Gasteiger partial charge in [0.25, 0.3) is 0 Å². The normalized spacial score (nSPS) is 21.0. The summed E-state index contributed by atoms with van der Waals surface area (Å²) >= 11 is 0. The summed E-state index contributed by atoms with van der Waals surface area (Å²) < 4.78 is 0. The van der Waals surface area contributed by atoms with E-state index in [2.05, 4.69) is 12.2 Å². The summed E-state index contributed by atoms with van der Waals surface area (Å²) in [4.78, 5) is 28.9. The Bertz CT molecular complexity index is 630. The van der Waals surface area contributed by atoms with Crippen molar-refractivity contribution < 1.29 is 9.59 Å². The van der Waals surface area contributed by atoms with Crippen molar-refractivity contribution in [2.75, 3.05) is 26.2 Å². The van der Waals surface area contributed by atoms with Crippen molar-refractivity contribution in [3.63, 3.8) is 0 Å². The zero-order valence-corrected chi connectivity index (χ0v) is 14.4. The molecule has 1 aromatic carbocycles. The minimum absolute atomic E-state index is 0.143. The van der Waals surface area contributed by atoms with Crippen LogP contribution in [0.5, 0.6) is 0 Å². The number of amides is 2. The van der Waals surface area contributed by atoms with E-state index in [4.69, 9.17) is 0 Å². The third-order valence-electron chi connectivity index (χ3n) is 5.17. The number of nitrogens with zero attached hydrogens (tertiary/aromatic N) is 2. The lowest BCUT2D eigenvalue weighted by molar-refractivity contribution is -0.142. The molecule has 0 radical (unpaired) electrons. The van der Waals surface area contributed by atoms with Crippen molar-refractivity contribution in [2.45, 2.75) is 32.6 Å². The van der Waals surface area contributed by atoms with E-state index < -0.39 is 0 Å². The molecule has 3 rings (SSSR count). The molecule has 128 valence electrons. The number of benzene rings is 1. The van der Waals surface area contributed by atoms with Crippen LogP contribution >= 0.6 is 0 Å². The fourth-order valence-electron chi connectivity index (χ4n) is 3.54. The van der Waals surface area contributed by atoms with Crippen molar-refractivity contribution in [1.82, 2.24) is 9.80 Å². The van der Waals surface area contributed by atoms with Crippen molar-refractivity contribution in [3.05, 3.63) is 47.5 Å². The van der Waals surface area contributed by atoms with Gasteiger partial charge in [-0.25, -0.2) is 0 Å². The molecule has 0 bridgehead atoms. The van der Waals surface area contributed by atoms with Crippen LogP contribution in [0, 0.1) is 12.8 Å². The van der Waals surface area contributed by atoms with E-state index >= 15 is 0 Å². The van der Waals surface area contributed by atoms with Gasteiger partial charge in [0.2, 0.25) is 11.8 Å². The van der Waals surface area contributed by atoms with E-state index in [1.165, 1.54) is 0 Å². The molecule has 1 aromatic rings. The smallest absolute Gasteiger partial charge is 0.227 e. The van der Waals surface area contributed by atoms with Gasteiger partial charge in [-0.15, -0.1) is 0 Å². The van der Waals surface area contributed by atoms with Crippen LogP contribution in [0.4, 0.5) is 0 Å². The first kappa shape index (κ1) is 16.7. The molecule has 0 unspecified atom stereocenters. The van der Waals surface area contributed by atoms with Gasteiger partial charge in [-0.3, -0.25) is 9.59 Å². The summed E-state index contributed by atoms with van der Waals surface area (Å²) in [5.41, 5.74) is 2.25. The maximum Gasteiger partial charge on any atom is 0.227 e. The second-order valence-electron chi connectivity index (χ2n) is 6.79. The van der Waals surface area contributed by atoms with Crippen molar-refractivity contribution in [2.24, 2.45) is 5.92 Å². The molecule has 4 nitrogen and oxygen atoms in total. The van der Waals surface area contributed by atoms with Crippen LogP contribution in [0.3, 0.4) is 0 Å². The molecule has 0 spiro atoms. The number of hydrogen-bond acceptors (Lipinski definition) is 2. The van der Waals surface area contributed by atoms with E-state index in [9.17, 15) is 9.59 Å². The topological polar surface area (TPSA) is 40.6 Å². The Morgan fingerprint density at radius 1 is 1.04 bits per heavy atom. The number of carbonyl (C=O) groups excluding carboxylic acids is 2. The number of carbonyl (C=O) groups is 2. The average Bonchev–Trinajstić information content (AvgIpc) is 2.64. The van der Waals surface area contributed by atoms with Crippen LogP contribution in [0.25, 0.3) is 0 Å². The van der Waals surface area contributed by atoms with Gasteiger partial charge in [-0.1, -0.05) is 36.4 Å². The molecule has 1 heterocycles. The van der Waals surface area contributed by atoms with Crippen LogP contribution in [-0.2, 0) is 16.0 Å². The van der Waals surface area contributed by atoms with Crippen LogP contribution < -0.4 is 0 Å². The molecular formula is C20H26N2O2. The monoisotopic (exact) mass is 326 g/mol. The highest BCUT2D eigenvalue weighted by atomic mass is 16.2. The highest BCUT2D eigenvalue weighted by Gasteiger charge is 2.28. The molecule has 1 aliphatic heterocycles. The molecule has 1 aliphatic carbocycles. The molecule has 2 amide bonds. The maximum absolute atomic E-state index is 12.6. The van der Waals surface area contributed by atoms with Gasteiger partial charge in [0.15, 0.2) is 0 Å².